The van der Waals surface area contributed by atoms with Gasteiger partial charge in [0, 0.05) is 6.54 Å². The van der Waals surface area contributed by atoms with Gasteiger partial charge in [0.2, 0.25) is 0 Å². The van der Waals surface area contributed by atoms with E-state index in [9.17, 15) is 0 Å². The first-order valence-corrected chi connectivity index (χ1v) is 9.81. The van der Waals surface area contributed by atoms with Crippen molar-refractivity contribution >= 4 is 35.1 Å². The Kier molecular flexibility index (Phi) is 11.2. The van der Waals surface area contributed by atoms with Crippen LogP contribution in [0.5, 0.6) is 5.75 Å². The molecule has 28 heavy (non-hydrogen) atoms. The molecule has 2 rings (SSSR count). The van der Waals surface area contributed by atoms with Gasteiger partial charge in [-0.2, -0.15) is 0 Å². The molecule has 7 nitrogen and oxygen atoms in total. The number of benzene rings is 1. The number of carboxylic acids is 2. The van der Waals surface area contributed by atoms with Crippen molar-refractivity contribution < 1.29 is 29.3 Å². The summed E-state index contributed by atoms with van der Waals surface area (Å²) in [6.07, 6.45) is 2.60. The minimum absolute atomic E-state index is 0.458. The van der Waals surface area contributed by atoms with Gasteiger partial charge in [0.1, 0.15) is 6.61 Å². The predicted molar refractivity (Wildman–Crippen MR) is 108 cm³/mol. The van der Waals surface area contributed by atoms with E-state index in [4.69, 9.17) is 52.5 Å². The summed E-state index contributed by atoms with van der Waals surface area (Å²) >= 11 is 12.3. The van der Waals surface area contributed by atoms with E-state index in [1.165, 1.54) is 25.9 Å². The lowest BCUT2D eigenvalue weighted by molar-refractivity contribution is -0.159. The van der Waals surface area contributed by atoms with Gasteiger partial charge in [-0.3, -0.25) is 0 Å². The molecule has 0 radical (unpaired) electrons. The second-order valence-electron chi connectivity index (χ2n) is 6.65. The minimum atomic E-state index is -1.82. The molecule has 9 heteroatoms. The lowest BCUT2D eigenvalue weighted by Crippen LogP contribution is -2.35. The van der Waals surface area contributed by atoms with Crippen LogP contribution in [0.1, 0.15) is 25.3 Å². The maximum atomic E-state index is 9.10. The zero-order valence-electron chi connectivity index (χ0n) is 16.1. The van der Waals surface area contributed by atoms with Crippen LogP contribution < -0.4 is 4.74 Å². The Bertz CT molecular complexity index is 612. The van der Waals surface area contributed by atoms with Crippen LogP contribution >= 0.6 is 23.2 Å². The Morgan fingerprint density at radius 1 is 1.07 bits per heavy atom. The van der Waals surface area contributed by atoms with Crippen molar-refractivity contribution in [2.75, 3.05) is 39.5 Å². The smallest absolute Gasteiger partial charge is 0.414 e. The molecular formula is C19H27Cl2NO6. The number of carbonyl (C=O) groups is 2. The predicted octanol–water partition coefficient (Wildman–Crippen LogP) is 3.58. The Morgan fingerprint density at radius 2 is 1.61 bits per heavy atom. The molecule has 1 aromatic rings. The topological polar surface area (TPSA) is 96.3 Å². The SMILES string of the molecule is Cc1cc(Cl)c(OCCOCCN2CCC(C)CC2)c(Cl)c1.O=C(O)C(=O)O. The molecule has 0 spiro atoms. The third-order valence-corrected chi connectivity index (χ3v) is 4.79. The Labute approximate surface area is 175 Å². The van der Waals surface area contributed by atoms with E-state index in [1.54, 1.807) is 0 Å². The van der Waals surface area contributed by atoms with Crippen LogP contribution in [-0.2, 0) is 14.3 Å². The number of hydrogen-bond acceptors (Lipinski definition) is 5. The Balaban J connectivity index is 0.000000568. The molecule has 2 N–H and O–H groups in total. The molecule has 158 valence electrons. The summed E-state index contributed by atoms with van der Waals surface area (Å²) in [5.41, 5.74) is 1.02. The molecule has 1 saturated heterocycles. The van der Waals surface area contributed by atoms with Gasteiger partial charge in [-0.1, -0.05) is 30.1 Å². The third-order valence-electron chi connectivity index (χ3n) is 4.23. The molecule has 0 atom stereocenters. The molecule has 1 aliphatic heterocycles. The highest BCUT2D eigenvalue weighted by Crippen LogP contribution is 2.33. The summed E-state index contributed by atoms with van der Waals surface area (Å²) in [6, 6.07) is 3.70. The summed E-state index contributed by atoms with van der Waals surface area (Å²) in [7, 11) is 0. The van der Waals surface area contributed by atoms with Gasteiger partial charge in [-0.05, 0) is 56.5 Å². The van der Waals surface area contributed by atoms with Gasteiger partial charge in [0.15, 0.2) is 5.75 Å². The normalized spacial score (nSPS) is 14.9. The van der Waals surface area contributed by atoms with Crippen molar-refractivity contribution in [3.05, 3.63) is 27.7 Å². The fourth-order valence-electron chi connectivity index (χ4n) is 2.61. The van der Waals surface area contributed by atoms with Crippen LogP contribution in [0.25, 0.3) is 0 Å². The summed E-state index contributed by atoms with van der Waals surface area (Å²) in [6.45, 7) is 9.40. The van der Waals surface area contributed by atoms with Crippen molar-refractivity contribution in [1.29, 1.82) is 0 Å². The number of ether oxygens (including phenoxy) is 2. The van der Waals surface area contributed by atoms with Crippen LogP contribution in [0.15, 0.2) is 12.1 Å². The van der Waals surface area contributed by atoms with Gasteiger partial charge in [-0.15, -0.1) is 0 Å². The number of likely N-dealkylation sites (tertiary alicyclic amines) is 1. The van der Waals surface area contributed by atoms with Crippen molar-refractivity contribution in [2.24, 2.45) is 5.92 Å². The molecule has 0 amide bonds. The number of halogens is 2. The lowest BCUT2D eigenvalue weighted by atomic mass is 9.99. The number of piperidine rings is 1. The molecule has 1 aliphatic rings. The molecular weight excluding hydrogens is 409 g/mol. The highest BCUT2D eigenvalue weighted by atomic mass is 35.5. The molecule has 1 aromatic carbocycles. The first kappa shape index (κ1) is 24.5. The van der Waals surface area contributed by atoms with E-state index in [2.05, 4.69) is 11.8 Å². The molecule has 0 aliphatic carbocycles. The zero-order valence-corrected chi connectivity index (χ0v) is 17.6. The second-order valence-corrected chi connectivity index (χ2v) is 7.47. The molecule has 0 aromatic heterocycles. The number of nitrogens with zero attached hydrogens (tertiary/aromatic N) is 1. The van der Waals surface area contributed by atoms with Crippen LogP contribution in [0.2, 0.25) is 10.0 Å². The van der Waals surface area contributed by atoms with Gasteiger partial charge in [-0.25, -0.2) is 9.59 Å². The summed E-state index contributed by atoms with van der Waals surface area (Å²) in [4.78, 5) is 20.7. The van der Waals surface area contributed by atoms with E-state index in [0.717, 1.165) is 24.6 Å². The second kappa shape index (κ2) is 12.8. The van der Waals surface area contributed by atoms with Crippen molar-refractivity contribution in [3.63, 3.8) is 0 Å². The molecule has 1 heterocycles. The van der Waals surface area contributed by atoms with Crippen molar-refractivity contribution in [1.82, 2.24) is 4.90 Å². The summed E-state index contributed by atoms with van der Waals surface area (Å²) < 4.78 is 11.3. The van der Waals surface area contributed by atoms with E-state index >= 15 is 0 Å². The number of aliphatic carboxylic acids is 2. The number of carboxylic acid groups (broad SMARTS) is 2. The fourth-order valence-corrected chi connectivity index (χ4v) is 3.31. The van der Waals surface area contributed by atoms with Gasteiger partial charge in [0.25, 0.3) is 0 Å². The molecule has 0 bridgehead atoms. The van der Waals surface area contributed by atoms with Gasteiger partial charge < -0.3 is 24.6 Å². The number of hydrogen-bond donors (Lipinski definition) is 2. The zero-order chi connectivity index (χ0) is 21.1. The molecule has 0 saturated carbocycles. The van der Waals surface area contributed by atoms with Crippen LogP contribution in [0.3, 0.4) is 0 Å². The highest BCUT2D eigenvalue weighted by Gasteiger charge is 2.15. The van der Waals surface area contributed by atoms with Crippen LogP contribution in [0.4, 0.5) is 0 Å². The number of aryl methyl sites for hydroxylation is 1. The molecule has 1 fully saturated rings. The van der Waals surface area contributed by atoms with Crippen molar-refractivity contribution in [3.8, 4) is 5.75 Å². The van der Waals surface area contributed by atoms with Gasteiger partial charge >= 0.3 is 11.9 Å². The Morgan fingerprint density at radius 3 is 2.11 bits per heavy atom. The summed E-state index contributed by atoms with van der Waals surface area (Å²) in [5, 5.41) is 15.9. The lowest BCUT2D eigenvalue weighted by Gasteiger charge is -2.29. The first-order valence-electron chi connectivity index (χ1n) is 9.05. The maximum Gasteiger partial charge on any atom is 0.414 e. The van der Waals surface area contributed by atoms with E-state index in [1.807, 2.05) is 19.1 Å². The standard InChI is InChI=1S/C17H25Cl2NO2.C2H2O4/c1-13-3-5-20(6-4-13)7-8-21-9-10-22-17-15(18)11-14(2)12-16(17)19;3-1(4)2(5)6/h11-13H,3-10H2,1-2H3;(H,3,4)(H,5,6). The average molecular weight is 436 g/mol. The van der Waals surface area contributed by atoms with Crippen LogP contribution in [-0.4, -0.2) is 66.5 Å². The largest absolute Gasteiger partial charge is 0.488 e. The van der Waals surface area contributed by atoms with E-state index < -0.39 is 11.9 Å². The highest BCUT2D eigenvalue weighted by molar-refractivity contribution is 6.37. The average Bonchev–Trinajstić information content (AvgIpc) is 2.61. The van der Waals surface area contributed by atoms with Gasteiger partial charge in [0.05, 0.1) is 23.3 Å². The molecule has 0 unspecified atom stereocenters. The Hall–Kier alpha value is -1.54. The van der Waals surface area contributed by atoms with Crippen molar-refractivity contribution in [2.45, 2.75) is 26.7 Å². The summed E-state index contributed by atoms with van der Waals surface area (Å²) in [5.74, 6) is -2.23. The first-order chi connectivity index (χ1) is 13.2. The van der Waals surface area contributed by atoms with E-state index in [0.29, 0.717) is 29.0 Å². The third kappa shape index (κ3) is 9.59. The fraction of sp³-hybridized carbons (Fsp3) is 0.579. The number of rotatable bonds is 7. The quantitative estimate of drug-likeness (QED) is 0.498. The maximum absolute atomic E-state index is 9.10. The monoisotopic (exact) mass is 435 g/mol. The van der Waals surface area contributed by atoms with Crippen LogP contribution in [0, 0.1) is 12.8 Å². The minimum Gasteiger partial charge on any atom is -0.488 e. The van der Waals surface area contributed by atoms with E-state index in [-0.39, 0.29) is 0 Å².